The SMILES string of the molecule is CSCCC(NC(=O)c1ccccc1Cl)C(=O)NCCNC(=O)c1ccccc1F. The van der Waals surface area contributed by atoms with Crippen molar-refractivity contribution >= 4 is 41.1 Å². The molecule has 0 heterocycles. The molecule has 2 aromatic rings. The van der Waals surface area contributed by atoms with E-state index in [4.69, 9.17) is 11.6 Å². The minimum atomic E-state index is -0.747. The van der Waals surface area contributed by atoms with Gasteiger partial charge < -0.3 is 16.0 Å². The molecule has 0 aliphatic heterocycles. The summed E-state index contributed by atoms with van der Waals surface area (Å²) in [5.74, 6) is -1.31. The van der Waals surface area contributed by atoms with Crippen molar-refractivity contribution in [3.63, 3.8) is 0 Å². The maximum Gasteiger partial charge on any atom is 0.254 e. The number of thioether (sulfide) groups is 1. The highest BCUT2D eigenvalue weighted by molar-refractivity contribution is 7.98. The summed E-state index contributed by atoms with van der Waals surface area (Å²) in [7, 11) is 0. The van der Waals surface area contributed by atoms with E-state index >= 15 is 0 Å². The maximum absolute atomic E-state index is 13.6. The predicted molar refractivity (Wildman–Crippen MR) is 117 cm³/mol. The van der Waals surface area contributed by atoms with Gasteiger partial charge in [0.1, 0.15) is 11.9 Å². The average Bonchev–Trinajstić information content (AvgIpc) is 2.74. The van der Waals surface area contributed by atoms with Crippen molar-refractivity contribution in [2.24, 2.45) is 0 Å². The third-order valence-electron chi connectivity index (χ3n) is 4.18. The topological polar surface area (TPSA) is 87.3 Å². The fraction of sp³-hybridized carbons (Fsp3) is 0.286. The Kier molecular flexibility index (Phi) is 9.63. The third-order valence-corrected chi connectivity index (χ3v) is 5.15. The number of halogens is 2. The number of amides is 3. The minimum absolute atomic E-state index is 0.0614. The van der Waals surface area contributed by atoms with Crippen LogP contribution in [0, 0.1) is 5.82 Å². The Bertz CT molecular complexity index is 897. The fourth-order valence-corrected chi connectivity index (χ4v) is 3.30. The highest BCUT2D eigenvalue weighted by Gasteiger charge is 2.22. The van der Waals surface area contributed by atoms with Crippen LogP contribution in [0.2, 0.25) is 5.02 Å². The van der Waals surface area contributed by atoms with Crippen molar-refractivity contribution in [2.45, 2.75) is 12.5 Å². The van der Waals surface area contributed by atoms with Gasteiger partial charge in [-0.05, 0) is 42.7 Å². The summed E-state index contributed by atoms with van der Waals surface area (Å²) in [6.45, 7) is 0.253. The van der Waals surface area contributed by atoms with Crippen LogP contribution in [0.1, 0.15) is 27.1 Å². The summed E-state index contributed by atoms with van der Waals surface area (Å²) in [6, 6.07) is 11.5. The van der Waals surface area contributed by atoms with Gasteiger partial charge >= 0.3 is 0 Å². The lowest BCUT2D eigenvalue weighted by Crippen LogP contribution is -2.48. The van der Waals surface area contributed by atoms with E-state index in [-0.39, 0.29) is 24.6 Å². The third kappa shape index (κ3) is 7.03. The van der Waals surface area contributed by atoms with Crippen molar-refractivity contribution in [1.82, 2.24) is 16.0 Å². The molecule has 160 valence electrons. The summed E-state index contributed by atoms with van der Waals surface area (Å²) in [5, 5.41) is 8.24. The number of carbonyl (C=O) groups excluding carboxylic acids is 3. The summed E-state index contributed by atoms with van der Waals surface area (Å²) < 4.78 is 13.6. The quantitative estimate of drug-likeness (QED) is 0.485. The zero-order valence-corrected chi connectivity index (χ0v) is 18.0. The van der Waals surface area contributed by atoms with Crippen LogP contribution < -0.4 is 16.0 Å². The van der Waals surface area contributed by atoms with Crippen LogP contribution in [0.3, 0.4) is 0 Å². The minimum Gasteiger partial charge on any atom is -0.353 e. The van der Waals surface area contributed by atoms with Crippen LogP contribution in [0.15, 0.2) is 48.5 Å². The van der Waals surface area contributed by atoms with Crippen LogP contribution in [0.4, 0.5) is 4.39 Å². The predicted octanol–water partition coefficient (Wildman–Crippen LogP) is 2.88. The van der Waals surface area contributed by atoms with E-state index in [1.807, 2.05) is 6.26 Å². The Balaban J connectivity index is 1.87. The highest BCUT2D eigenvalue weighted by Crippen LogP contribution is 2.15. The van der Waals surface area contributed by atoms with E-state index in [0.29, 0.717) is 22.8 Å². The standard InChI is InChI=1S/C21H23ClFN3O3S/c1-30-13-10-18(26-20(28)14-6-2-4-8-16(14)22)21(29)25-12-11-24-19(27)15-7-3-5-9-17(15)23/h2-9,18H,10-13H2,1H3,(H,24,27)(H,25,29)(H,26,28). The molecule has 30 heavy (non-hydrogen) atoms. The first kappa shape index (κ1) is 23.7. The van der Waals surface area contributed by atoms with Crippen molar-refractivity contribution in [1.29, 1.82) is 0 Å². The zero-order valence-electron chi connectivity index (χ0n) is 16.4. The van der Waals surface area contributed by atoms with Crippen molar-refractivity contribution in [2.75, 3.05) is 25.1 Å². The molecule has 0 aliphatic rings. The molecule has 3 amide bonds. The fourth-order valence-electron chi connectivity index (χ4n) is 2.61. The van der Waals surface area contributed by atoms with Gasteiger partial charge in [-0.3, -0.25) is 14.4 Å². The number of benzene rings is 2. The smallest absolute Gasteiger partial charge is 0.254 e. The van der Waals surface area contributed by atoms with Crippen LogP contribution in [0.25, 0.3) is 0 Å². The van der Waals surface area contributed by atoms with Gasteiger partial charge in [-0.2, -0.15) is 11.8 Å². The summed E-state index contributed by atoms with van der Waals surface area (Å²) in [4.78, 5) is 37.0. The number of hydrogen-bond donors (Lipinski definition) is 3. The Morgan fingerprint density at radius 3 is 2.27 bits per heavy atom. The summed E-state index contributed by atoms with van der Waals surface area (Å²) in [6.07, 6.45) is 2.34. The van der Waals surface area contributed by atoms with Crippen LogP contribution in [-0.2, 0) is 4.79 Å². The number of nitrogens with one attached hydrogen (secondary N) is 3. The van der Waals surface area contributed by atoms with Crippen molar-refractivity contribution in [3.8, 4) is 0 Å². The second kappa shape index (κ2) is 12.2. The molecule has 1 unspecified atom stereocenters. The van der Waals surface area contributed by atoms with Gasteiger partial charge in [-0.25, -0.2) is 4.39 Å². The van der Waals surface area contributed by atoms with Crippen LogP contribution >= 0.6 is 23.4 Å². The molecule has 1 atom stereocenters. The molecule has 0 saturated carbocycles. The second-order valence-corrected chi connectivity index (χ2v) is 7.71. The molecule has 0 aliphatic carbocycles. The Hall–Kier alpha value is -2.58. The van der Waals surface area contributed by atoms with E-state index in [1.54, 1.807) is 42.1 Å². The Morgan fingerprint density at radius 2 is 1.60 bits per heavy atom. The van der Waals surface area contributed by atoms with Crippen molar-refractivity contribution in [3.05, 3.63) is 70.5 Å². The molecular formula is C21H23ClFN3O3S. The van der Waals surface area contributed by atoms with E-state index in [0.717, 1.165) is 0 Å². The first-order valence-corrected chi connectivity index (χ1v) is 11.1. The lowest BCUT2D eigenvalue weighted by Gasteiger charge is -2.18. The maximum atomic E-state index is 13.6. The lowest BCUT2D eigenvalue weighted by molar-refractivity contribution is -0.122. The normalized spacial score (nSPS) is 11.4. The monoisotopic (exact) mass is 451 g/mol. The molecule has 0 spiro atoms. The first-order chi connectivity index (χ1) is 14.4. The van der Waals surface area contributed by atoms with E-state index < -0.39 is 23.7 Å². The van der Waals surface area contributed by atoms with Gasteiger partial charge in [0, 0.05) is 13.1 Å². The molecular weight excluding hydrogens is 429 g/mol. The molecule has 0 bridgehead atoms. The van der Waals surface area contributed by atoms with Gasteiger partial charge in [-0.15, -0.1) is 0 Å². The van der Waals surface area contributed by atoms with Crippen LogP contribution in [0.5, 0.6) is 0 Å². The first-order valence-electron chi connectivity index (χ1n) is 9.28. The number of rotatable bonds is 10. The molecule has 2 aromatic carbocycles. The molecule has 0 saturated heterocycles. The van der Waals surface area contributed by atoms with E-state index in [1.165, 1.54) is 18.2 Å². The van der Waals surface area contributed by atoms with Crippen molar-refractivity contribution < 1.29 is 18.8 Å². The second-order valence-electron chi connectivity index (χ2n) is 6.31. The average molecular weight is 452 g/mol. The van der Waals surface area contributed by atoms with Gasteiger partial charge in [0.15, 0.2) is 0 Å². The van der Waals surface area contributed by atoms with Gasteiger partial charge in [0.25, 0.3) is 11.8 Å². The Morgan fingerprint density at radius 1 is 0.967 bits per heavy atom. The van der Waals surface area contributed by atoms with Crippen LogP contribution in [-0.4, -0.2) is 48.9 Å². The Labute approximate surface area is 183 Å². The lowest BCUT2D eigenvalue weighted by atomic mass is 10.1. The summed E-state index contributed by atoms with van der Waals surface area (Å²) >= 11 is 7.60. The van der Waals surface area contributed by atoms with Gasteiger partial charge in [-0.1, -0.05) is 35.9 Å². The highest BCUT2D eigenvalue weighted by atomic mass is 35.5. The summed E-state index contributed by atoms with van der Waals surface area (Å²) in [5.41, 5.74) is 0.229. The van der Waals surface area contributed by atoms with Gasteiger partial charge in [0.05, 0.1) is 16.1 Å². The molecule has 0 aromatic heterocycles. The largest absolute Gasteiger partial charge is 0.353 e. The molecule has 0 fully saturated rings. The molecule has 3 N–H and O–H groups in total. The van der Waals surface area contributed by atoms with Gasteiger partial charge in [0.2, 0.25) is 5.91 Å². The van der Waals surface area contributed by atoms with E-state index in [2.05, 4.69) is 16.0 Å². The number of carbonyl (C=O) groups is 3. The van der Waals surface area contributed by atoms with E-state index in [9.17, 15) is 18.8 Å². The molecule has 0 radical (unpaired) electrons. The zero-order chi connectivity index (χ0) is 21.9. The molecule has 6 nitrogen and oxygen atoms in total. The molecule has 2 rings (SSSR count). The molecule has 9 heteroatoms. The number of hydrogen-bond acceptors (Lipinski definition) is 4.